The fraction of sp³-hybridized carbons (Fsp3) is 0.667. The molecule has 1 rings (SSSR count). The zero-order chi connectivity index (χ0) is 10.9. The lowest BCUT2D eigenvalue weighted by atomic mass is 9.78. The molecule has 1 heterocycles. The molecular formula is C9H13F2NO2. The Hall–Kier alpha value is -0.970. The van der Waals surface area contributed by atoms with E-state index >= 15 is 0 Å². The van der Waals surface area contributed by atoms with Gasteiger partial charge < -0.3 is 10.0 Å². The van der Waals surface area contributed by atoms with Crippen LogP contribution in [-0.2, 0) is 4.79 Å². The smallest absolute Gasteiger partial charge is 0.315 e. The predicted octanol–water partition coefficient (Wildman–Crippen LogP) is 1.56. The maximum Gasteiger partial charge on any atom is 0.315 e. The van der Waals surface area contributed by atoms with Crippen LogP contribution in [0, 0.1) is 5.41 Å². The van der Waals surface area contributed by atoms with Crippen LogP contribution < -0.4 is 0 Å². The lowest BCUT2D eigenvalue weighted by molar-refractivity contribution is -0.147. The van der Waals surface area contributed by atoms with Crippen molar-refractivity contribution in [3.05, 3.63) is 11.7 Å². The highest BCUT2D eigenvalue weighted by Gasteiger charge is 2.43. The number of carboxylic acids is 1. The van der Waals surface area contributed by atoms with Crippen molar-refractivity contribution < 1.29 is 18.7 Å². The lowest BCUT2D eigenvalue weighted by Gasteiger charge is -2.37. The number of aliphatic carboxylic acids is 1. The van der Waals surface area contributed by atoms with E-state index in [1.807, 2.05) is 0 Å². The average molecular weight is 205 g/mol. The normalized spacial score (nSPS) is 29.0. The Kier molecular flexibility index (Phi) is 2.89. The van der Waals surface area contributed by atoms with Crippen LogP contribution in [0.4, 0.5) is 8.78 Å². The number of nitrogens with zero attached hydrogens (tertiary/aromatic N) is 1. The molecule has 0 aromatic rings. The Bertz CT molecular complexity index is 287. The molecule has 1 saturated heterocycles. The summed E-state index contributed by atoms with van der Waals surface area (Å²) in [7, 11) is 1.73. The molecule has 5 heteroatoms. The first-order chi connectivity index (χ1) is 6.38. The molecule has 0 aliphatic carbocycles. The van der Waals surface area contributed by atoms with Crippen LogP contribution in [0.2, 0.25) is 0 Å². The topological polar surface area (TPSA) is 40.5 Å². The van der Waals surface area contributed by atoms with Gasteiger partial charge in [-0.15, -0.1) is 0 Å². The number of rotatable bonds is 1. The van der Waals surface area contributed by atoms with E-state index in [0.717, 1.165) is 0 Å². The molecule has 0 bridgehead atoms. The molecule has 0 saturated carbocycles. The predicted molar refractivity (Wildman–Crippen MR) is 47.1 cm³/mol. The molecule has 1 aliphatic rings. The number of halogens is 2. The van der Waals surface area contributed by atoms with Gasteiger partial charge in [0.1, 0.15) is 5.41 Å². The van der Waals surface area contributed by atoms with Gasteiger partial charge in [0.25, 0.3) is 6.08 Å². The Morgan fingerprint density at radius 3 is 2.57 bits per heavy atom. The minimum Gasteiger partial charge on any atom is -0.481 e. The maximum atomic E-state index is 12.5. The van der Waals surface area contributed by atoms with E-state index in [1.54, 1.807) is 11.9 Å². The van der Waals surface area contributed by atoms with Crippen LogP contribution in [0.1, 0.15) is 13.3 Å². The van der Waals surface area contributed by atoms with E-state index in [0.29, 0.717) is 6.54 Å². The Labute approximate surface area is 81.0 Å². The standard InChI is InChI=1S/C9H13F2NO2/c1-9(8(13)14)5-12(2)4-3-6(9)7(10)11/h3-5H2,1-2H3,(H,13,14). The Morgan fingerprint density at radius 2 is 2.14 bits per heavy atom. The molecular weight excluding hydrogens is 192 g/mol. The van der Waals surface area contributed by atoms with Crippen LogP contribution >= 0.6 is 0 Å². The fourth-order valence-corrected chi connectivity index (χ4v) is 1.79. The van der Waals surface area contributed by atoms with E-state index in [1.165, 1.54) is 6.92 Å². The highest BCUT2D eigenvalue weighted by Crippen LogP contribution is 2.37. The number of hydrogen-bond acceptors (Lipinski definition) is 2. The number of hydrogen-bond donors (Lipinski definition) is 1. The van der Waals surface area contributed by atoms with Crippen molar-refractivity contribution in [1.29, 1.82) is 0 Å². The number of carboxylic acid groups (broad SMARTS) is 1. The van der Waals surface area contributed by atoms with Gasteiger partial charge in [-0.1, -0.05) is 0 Å². The summed E-state index contributed by atoms with van der Waals surface area (Å²) in [6.45, 7) is 1.96. The molecule has 0 spiro atoms. The summed E-state index contributed by atoms with van der Waals surface area (Å²) >= 11 is 0. The zero-order valence-electron chi connectivity index (χ0n) is 8.18. The largest absolute Gasteiger partial charge is 0.481 e. The summed E-state index contributed by atoms with van der Waals surface area (Å²) in [5.41, 5.74) is -1.67. The molecule has 1 atom stereocenters. The van der Waals surface area contributed by atoms with Crippen LogP contribution in [0.15, 0.2) is 11.7 Å². The second-order valence-corrected chi connectivity index (χ2v) is 3.86. The highest BCUT2D eigenvalue weighted by atomic mass is 19.3. The second-order valence-electron chi connectivity index (χ2n) is 3.86. The van der Waals surface area contributed by atoms with Gasteiger partial charge in [-0.3, -0.25) is 4.79 Å². The first-order valence-electron chi connectivity index (χ1n) is 4.34. The summed E-state index contributed by atoms with van der Waals surface area (Å²) in [4.78, 5) is 12.7. The molecule has 80 valence electrons. The van der Waals surface area contributed by atoms with E-state index in [9.17, 15) is 13.6 Å². The highest BCUT2D eigenvalue weighted by molar-refractivity contribution is 5.78. The molecule has 0 amide bonds. The van der Waals surface area contributed by atoms with E-state index in [-0.39, 0.29) is 18.5 Å². The molecule has 1 aliphatic heterocycles. The third kappa shape index (κ3) is 1.77. The van der Waals surface area contributed by atoms with E-state index < -0.39 is 17.5 Å². The van der Waals surface area contributed by atoms with Crippen LogP contribution in [0.3, 0.4) is 0 Å². The molecule has 1 fully saturated rings. The zero-order valence-corrected chi connectivity index (χ0v) is 8.18. The summed E-state index contributed by atoms with van der Waals surface area (Å²) < 4.78 is 25.0. The second kappa shape index (κ2) is 3.65. The van der Waals surface area contributed by atoms with Crippen molar-refractivity contribution in [2.24, 2.45) is 5.41 Å². The van der Waals surface area contributed by atoms with Crippen LogP contribution in [-0.4, -0.2) is 36.1 Å². The molecule has 0 radical (unpaired) electrons. The first-order valence-corrected chi connectivity index (χ1v) is 4.34. The lowest BCUT2D eigenvalue weighted by Crippen LogP contribution is -2.46. The summed E-state index contributed by atoms with van der Waals surface area (Å²) in [5, 5.41) is 8.94. The van der Waals surface area contributed by atoms with Gasteiger partial charge in [-0.2, -0.15) is 8.78 Å². The van der Waals surface area contributed by atoms with Gasteiger partial charge >= 0.3 is 5.97 Å². The number of carbonyl (C=O) groups is 1. The van der Waals surface area contributed by atoms with Crippen LogP contribution in [0.5, 0.6) is 0 Å². The van der Waals surface area contributed by atoms with Gasteiger partial charge in [0, 0.05) is 18.7 Å². The maximum absolute atomic E-state index is 12.5. The minimum absolute atomic E-state index is 0.127. The van der Waals surface area contributed by atoms with E-state index in [2.05, 4.69) is 0 Å². The van der Waals surface area contributed by atoms with Crippen molar-refractivity contribution in [3.63, 3.8) is 0 Å². The molecule has 0 aromatic heterocycles. The van der Waals surface area contributed by atoms with Crippen molar-refractivity contribution in [1.82, 2.24) is 4.90 Å². The average Bonchev–Trinajstić information content (AvgIpc) is 2.02. The van der Waals surface area contributed by atoms with E-state index in [4.69, 9.17) is 5.11 Å². The fourth-order valence-electron chi connectivity index (χ4n) is 1.79. The molecule has 1 unspecified atom stereocenters. The van der Waals surface area contributed by atoms with Gasteiger partial charge in [0.2, 0.25) is 0 Å². The van der Waals surface area contributed by atoms with Crippen molar-refractivity contribution >= 4 is 5.97 Å². The first kappa shape index (κ1) is 11.1. The minimum atomic E-state index is -1.84. The van der Waals surface area contributed by atoms with Crippen molar-refractivity contribution in [2.45, 2.75) is 13.3 Å². The summed E-state index contributed by atoms with van der Waals surface area (Å²) in [5.74, 6) is -1.19. The van der Waals surface area contributed by atoms with Crippen molar-refractivity contribution in [3.8, 4) is 0 Å². The third-order valence-corrected chi connectivity index (χ3v) is 2.70. The monoisotopic (exact) mass is 205 g/mol. The molecule has 0 aromatic carbocycles. The number of likely N-dealkylation sites (tertiary alicyclic amines) is 1. The molecule has 14 heavy (non-hydrogen) atoms. The molecule has 1 N–H and O–H groups in total. The summed E-state index contributed by atoms with van der Waals surface area (Å²) in [6.07, 6.45) is -1.72. The third-order valence-electron chi connectivity index (χ3n) is 2.70. The molecule has 3 nitrogen and oxygen atoms in total. The van der Waals surface area contributed by atoms with Gasteiger partial charge in [0.15, 0.2) is 0 Å². The van der Waals surface area contributed by atoms with Crippen LogP contribution in [0.25, 0.3) is 0 Å². The Balaban J connectivity index is 3.08. The SMILES string of the molecule is CN1CCC(=C(F)F)C(C)(C(=O)O)C1. The summed E-state index contributed by atoms with van der Waals surface area (Å²) in [6, 6.07) is 0. The van der Waals surface area contributed by atoms with Gasteiger partial charge in [-0.05, 0) is 20.4 Å². The Morgan fingerprint density at radius 1 is 1.57 bits per heavy atom. The number of piperidine rings is 1. The van der Waals surface area contributed by atoms with Gasteiger partial charge in [-0.25, -0.2) is 0 Å². The van der Waals surface area contributed by atoms with Crippen molar-refractivity contribution in [2.75, 3.05) is 20.1 Å². The van der Waals surface area contributed by atoms with Gasteiger partial charge in [0.05, 0.1) is 0 Å². The quantitative estimate of drug-likeness (QED) is 0.706.